The van der Waals surface area contributed by atoms with Gasteiger partial charge in [0.1, 0.15) is 24.4 Å². The third kappa shape index (κ3) is 13.7. The fraction of sp³-hybridized carbons (Fsp3) is 0.962. The van der Waals surface area contributed by atoms with Crippen LogP contribution in [0, 0.1) is 0 Å². The van der Waals surface area contributed by atoms with Gasteiger partial charge in [0.25, 0.3) is 0 Å². The highest BCUT2D eigenvalue weighted by molar-refractivity contribution is 5.73. The quantitative estimate of drug-likeness (QED) is 0.197. The van der Waals surface area contributed by atoms with Crippen molar-refractivity contribution in [3.8, 4) is 0 Å². The number of ether oxygens (including phenoxy) is 2. The summed E-state index contributed by atoms with van der Waals surface area (Å²) in [7, 11) is 0. The van der Waals surface area contributed by atoms with Gasteiger partial charge < -0.3 is 30.1 Å². The highest BCUT2D eigenvalue weighted by Crippen LogP contribution is 2.22. The van der Waals surface area contributed by atoms with Crippen LogP contribution in [-0.4, -0.2) is 65.1 Å². The van der Waals surface area contributed by atoms with E-state index in [0.717, 1.165) is 12.8 Å². The number of carbonyl (C=O) groups is 1. The maximum atomic E-state index is 11.4. The van der Waals surface area contributed by atoms with Crippen molar-refractivity contribution in [3.05, 3.63) is 0 Å². The summed E-state index contributed by atoms with van der Waals surface area (Å²) in [5.41, 5.74) is 0. The lowest BCUT2D eigenvalue weighted by Crippen LogP contribution is -2.64. The van der Waals surface area contributed by atoms with Crippen molar-refractivity contribution in [2.45, 2.75) is 147 Å². The molecule has 0 saturated carbocycles. The second-order valence-corrected chi connectivity index (χ2v) is 9.61. The van der Waals surface area contributed by atoms with Crippen molar-refractivity contribution in [1.82, 2.24) is 5.32 Å². The summed E-state index contributed by atoms with van der Waals surface area (Å²) in [6, 6.07) is -0.860. The minimum atomic E-state index is -1.28. The first-order valence-corrected chi connectivity index (χ1v) is 13.5. The Bertz CT molecular complexity index is 478. The van der Waals surface area contributed by atoms with Crippen LogP contribution in [0.4, 0.5) is 0 Å². The Kier molecular flexibility index (Phi) is 18.0. The molecule has 0 spiro atoms. The third-order valence-electron chi connectivity index (χ3n) is 6.53. The highest BCUT2D eigenvalue weighted by atomic mass is 16.7. The number of aliphatic hydroxyl groups is 3. The van der Waals surface area contributed by atoms with Crippen molar-refractivity contribution in [2.24, 2.45) is 0 Å². The predicted molar refractivity (Wildman–Crippen MR) is 131 cm³/mol. The second-order valence-electron chi connectivity index (χ2n) is 9.61. The first-order chi connectivity index (χ1) is 16.0. The van der Waals surface area contributed by atoms with Gasteiger partial charge in [-0.05, 0) is 6.42 Å². The van der Waals surface area contributed by atoms with Gasteiger partial charge in [-0.25, -0.2) is 0 Å². The predicted octanol–water partition coefficient (Wildman–Crippen LogP) is 4.21. The molecule has 0 aliphatic carbocycles. The zero-order chi connectivity index (χ0) is 24.3. The molecule has 1 aliphatic heterocycles. The molecule has 0 bridgehead atoms. The second kappa shape index (κ2) is 19.6. The molecule has 7 nitrogen and oxygen atoms in total. The van der Waals surface area contributed by atoms with Gasteiger partial charge in [-0.2, -0.15) is 0 Å². The fourth-order valence-electron chi connectivity index (χ4n) is 4.46. The largest absolute Gasteiger partial charge is 0.394 e. The van der Waals surface area contributed by atoms with Gasteiger partial charge in [0.2, 0.25) is 5.91 Å². The number of nitrogens with one attached hydrogen (secondary N) is 1. The van der Waals surface area contributed by atoms with Crippen molar-refractivity contribution in [1.29, 1.82) is 0 Å². The van der Waals surface area contributed by atoms with E-state index in [-0.39, 0.29) is 5.91 Å². The van der Waals surface area contributed by atoms with Crippen LogP contribution in [0.15, 0.2) is 0 Å². The normalized spacial score (nSPS) is 25.3. The Morgan fingerprint density at radius 1 is 0.788 bits per heavy atom. The number of hydrogen-bond acceptors (Lipinski definition) is 6. The van der Waals surface area contributed by atoms with Gasteiger partial charge in [0, 0.05) is 13.5 Å². The molecule has 1 fully saturated rings. The van der Waals surface area contributed by atoms with Crippen LogP contribution in [0.3, 0.4) is 0 Å². The summed E-state index contributed by atoms with van der Waals surface area (Å²) in [4.78, 5) is 11.4. The van der Waals surface area contributed by atoms with E-state index in [4.69, 9.17) is 9.47 Å². The summed E-state index contributed by atoms with van der Waals surface area (Å²) in [5, 5.41) is 32.2. The molecule has 1 aliphatic rings. The Balaban J connectivity index is 2.01. The van der Waals surface area contributed by atoms with Crippen LogP contribution in [-0.2, 0) is 14.3 Å². The highest BCUT2D eigenvalue weighted by Gasteiger charge is 2.45. The molecular formula is C26H51NO6. The summed E-state index contributed by atoms with van der Waals surface area (Å²) in [6.07, 6.45) is 16.5. The van der Waals surface area contributed by atoms with Crippen LogP contribution < -0.4 is 5.32 Å². The molecule has 1 saturated heterocycles. The maximum absolute atomic E-state index is 11.4. The number of aliphatic hydroxyl groups excluding tert-OH is 3. The number of hydrogen-bond donors (Lipinski definition) is 4. The van der Waals surface area contributed by atoms with E-state index in [9.17, 15) is 20.1 Å². The monoisotopic (exact) mass is 473 g/mol. The van der Waals surface area contributed by atoms with Crippen LogP contribution in [0.2, 0.25) is 0 Å². The fourth-order valence-corrected chi connectivity index (χ4v) is 4.46. The molecule has 4 N–H and O–H groups in total. The van der Waals surface area contributed by atoms with Gasteiger partial charge in [-0.1, -0.05) is 103 Å². The Labute approximate surface area is 201 Å². The van der Waals surface area contributed by atoms with E-state index in [1.54, 1.807) is 0 Å². The molecule has 0 aromatic carbocycles. The van der Waals surface area contributed by atoms with Gasteiger partial charge >= 0.3 is 0 Å². The Morgan fingerprint density at radius 3 is 1.67 bits per heavy atom. The molecular weight excluding hydrogens is 422 g/mol. The molecule has 1 heterocycles. The van der Waals surface area contributed by atoms with Crippen LogP contribution in [0.25, 0.3) is 0 Å². The third-order valence-corrected chi connectivity index (χ3v) is 6.53. The van der Waals surface area contributed by atoms with E-state index in [0.29, 0.717) is 6.61 Å². The molecule has 0 unspecified atom stereocenters. The topological polar surface area (TPSA) is 108 Å². The number of unbranched alkanes of at least 4 members (excludes halogenated alkanes) is 15. The van der Waals surface area contributed by atoms with E-state index in [2.05, 4.69) is 12.2 Å². The number of carbonyl (C=O) groups excluding carboxylic acids is 1. The molecule has 1 rings (SSSR count). The molecule has 1 amide bonds. The van der Waals surface area contributed by atoms with E-state index >= 15 is 0 Å². The summed E-state index contributed by atoms with van der Waals surface area (Å²) in [6.45, 7) is 3.62. The van der Waals surface area contributed by atoms with Crippen LogP contribution in [0.1, 0.15) is 117 Å². The maximum Gasteiger partial charge on any atom is 0.217 e. The van der Waals surface area contributed by atoms with Crippen molar-refractivity contribution in [3.63, 3.8) is 0 Å². The van der Waals surface area contributed by atoms with E-state index in [1.165, 1.54) is 96.8 Å². The zero-order valence-corrected chi connectivity index (χ0v) is 21.2. The average Bonchev–Trinajstić information content (AvgIpc) is 2.80. The SMILES string of the molecule is CCCCCCCCCCCCCCCCCCO[C@@H]1O[C@H](CO)[C@H](O)[C@H](O)[C@@H]1NC(C)=O. The van der Waals surface area contributed by atoms with Gasteiger partial charge in [-0.15, -0.1) is 0 Å². The number of rotatable bonds is 20. The first kappa shape index (κ1) is 30.3. The molecule has 7 heteroatoms. The Morgan fingerprint density at radius 2 is 1.24 bits per heavy atom. The molecule has 0 aromatic heterocycles. The number of amides is 1. The van der Waals surface area contributed by atoms with Crippen molar-refractivity contribution < 1.29 is 29.6 Å². The van der Waals surface area contributed by atoms with Crippen LogP contribution >= 0.6 is 0 Å². The average molecular weight is 474 g/mol. The molecule has 0 aromatic rings. The standard InChI is InChI=1S/C26H51NO6/c1-3-4-5-6-7-8-9-10-11-12-13-14-15-16-17-18-19-32-26-23(27-21(2)29)25(31)24(30)22(20-28)33-26/h22-26,28,30-31H,3-20H2,1-2H3,(H,27,29)/t22-,23+,24+,25-,26-/m1/s1. The zero-order valence-electron chi connectivity index (χ0n) is 21.2. The van der Waals surface area contributed by atoms with Gasteiger partial charge in [0.05, 0.1) is 6.61 Å². The first-order valence-electron chi connectivity index (χ1n) is 13.5. The van der Waals surface area contributed by atoms with Gasteiger partial charge in [0.15, 0.2) is 6.29 Å². The molecule has 33 heavy (non-hydrogen) atoms. The minimum absolute atomic E-state index is 0.340. The lowest BCUT2D eigenvalue weighted by atomic mass is 9.97. The molecule has 5 atom stereocenters. The summed E-state index contributed by atoms with van der Waals surface area (Å²) < 4.78 is 11.3. The van der Waals surface area contributed by atoms with Crippen molar-refractivity contribution >= 4 is 5.91 Å². The molecule has 0 radical (unpaired) electrons. The minimum Gasteiger partial charge on any atom is -0.394 e. The van der Waals surface area contributed by atoms with Crippen molar-refractivity contribution in [2.75, 3.05) is 13.2 Å². The van der Waals surface area contributed by atoms with Crippen LogP contribution in [0.5, 0.6) is 0 Å². The summed E-state index contributed by atoms with van der Waals surface area (Å²) in [5.74, 6) is -0.340. The lowest BCUT2D eigenvalue weighted by Gasteiger charge is -2.42. The van der Waals surface area contributed by atoms with E-state index < -0.39 is 37.3 Å². The van der Waals surface area contributed by atoms with E-state index in [1.807, 2.05) is 0 Å². The van der Waals surface area contributed by atoms with Gasteiger partial charge in [-0.3, -0.25) is 4.79 Å². The summed E-state index contributed by atoms with van der Waals surface area (Å²) >= 11 is 0. The molecule has 196 valence electrons. The smallest absolute Gasteiger partial charge is 0.217 e. The Hall–Kier alpha value is -0.730. The lowest BCUT2D eigenvalue weighted by molar-refractivity contribution is -0.270.